The Morgan fingerprint density at radius 3 is 2.71 bits per heavy atom. The van der Waals surface area contributed by atoms with Crippen LogP contribution < -0.4 is 0 Å². The van der Waals surface area contributed by atoms with E-state index >= 15 is 0 Å². The van der Waals surface area contributed by atoms with Crippen LogP contribution in [0.15, 0.2) is 22.8 Å². The van der Waals surface area contributed by atoms with Gasteiger partial charge in [-0.1, -0.05) is 23.2 Å². The molecular weight excluding hydrogens is 227 g/mol. The van der Waals surface area contributed by atoms with E-state index in [2.05, 4.69) is 0 Å². The van der Waals surface area contributed by atoms with Gasteiger partial charge in [0, 0.05) is 10.4 Å². The minimum absolute atomic E-state index is 0.0596. The Bertz CT molecular complexity index is 516. The molecule has 1 heterocycles. The molecule has 72 valence electrons. The molecule has 1 aromatic carbocycles. The van der Waals surface area contributed by atoms with Crippen LogP contribution in [0.3, 0.4) is 0 Å². The zero-order chi connectivity index (χ0) is 10.3. The number of carbonyl (C=O) groups is 1. The molecule has 0 amide bonds. The van der Waals surface area contributed by atoms with Crippen LogP contribution in [0.4, 0.5) is 0 Å². The molecule has 0 spiro atoms. The molecule has 0 aliphatic rings. The molecule has 1 N–H and O–H groups in total. The standard InChI is InChI=1S/C9H4Cl2O3/c10-4-1-5-6(9(12)13)3-14-8(5)7(11)2-4/h1-3H,(H,12,13). The molecule has 2 rings (SSSR count). The molecule has 0 unspecified atom stereocenters. The first-order chi connectivity index (χ1) is 6.59. The van der Waals surface area contributed by atoms with E-state index in [0.29, 0.717) is 21.0 Å². The number of halogens is 2. The van der Waals surface area contributed by atoms with Gasteiger partial charge in [0.2, 0.25) is 0 Å². The Kier molecular flexibility index (Phi) is 2.13. The summed E-state index contributed by atoms with van der Waals surface area (Å²) in [7, 11) is 0. The number of fused-ring (bicyclic) bond motifs is 1. The Morgan fingerprint density at radius 1 is 1.36 bits per heavy atom. The molecule has 3 nitrogen and oxygen atoms in total. The minimum atomic E-state index is -1.07. The molecule has 0 aliphatic heterocycles. The van der Waals surface area contributed by atoms with E-state index in [9.17, 15) is 4.79 Å². The van der Waals surface area contributed by atoms with Crippen LogP contribution in [0.2, 0.25) is 10.0 Å². The maximum Gasteiger partial charge on any atom is 0.339 e. The van der Waals surface area contributed by atoms with Gasteiger partial charge in [-0.2, -0.15) is 0 Å². The molecule has 0 radical (unpaired) electrons. The lowest BCUT2D eigenvalue weighted by Crippen LogP contribution is -1.93. The largest absolute Gasteiger partial charge is 0.478 e. The number of aromatic carboxylic acids is 1. The van der Waals surface area contributed by atoms with Gasteiger partial charge < -0.3 is 9.52 Å². The number of benzene rings is 1. The molecule has 14 heavy (non-hydrogen) atoms. The molecule has 0 fully saturated rings. The van der Waals surface area contributed by atoms with Crippen molar-refractivity contribution >= 4 is 40.1 Å². The quantitative estimate of drug-likeness (QED) is 0.817. The molecule has 1 aromatic heterocycles. The average molecular weight is 231 g/mol. The third-order valence-electron chi connectivity index (χ3n) is 1.82. The highest BCUT2D eigenvalue weighted by Gasteiger charge is 2.15. The lowest BCUT2D eigenvalue weighted by atomic mass is 10.2. The summed E-state index contributed by atoms with van der Waals surface area (Å²) >= 11 is 11.5. The highest BCUT2D eigenvalue weighted by Crippen LogP contribution is 2.31. The van der Waals surface area contributed by atoms with Crippen molar-refractivity contribution in [2.24, 2.45) is 0 Å². The molecule has 0 atom stereocenters. The van der Waals surface area contributed by atoms with E-state index in [0.717, 1.165) is 6.26 Å². The number of furan rings is 1. The number of hydrogen-bond acceptors (Lipinski definition) is 2. The number of rotatable bonds is 1. The van der Waals surface area contributed by atoms with Gasteiger partial charge >= 0.3 is 5.97 Å². The van der Waals surface area contributed by atoms with E-state index < -0.39 is 5.97 Å². The van der Waals surface area contributed by atoms with E-state index in [1.165, 1.54) is 12.1 Å². The van der Waals surface area contributed by atoms with Gasteiger partial charge in [-0.05, 0) is 12.1 Å². The first-order valence-electron chi connectivity index (χ1n) is 3.69. The van der Waals surface area contributed by atoms with Crippen molar-refractivity contribution in [2.45, 2.75) is 0 Å². The van der Waals surface area contributed by atoms with Crippen LogP contribution >= 0.6 is 23.2 Å². The van der Waals surface area contributed by atoms with Gasteiger partial charge in [-0.3, -0.25) is 0 Å². The van der Waals surface area contributed by atoms with Crippen molar-refractivity contribution < 1.29 is 14.3 Å². The summed E-state index contributed by atoms with van der Waals surface area (Å²) in [6, 6.07) is 3.01. The molecular formula is C9H4Cl2O3. The molecule has 0 aliphatic carbocycles. The fourth-order valence-corrected chi connectivity index (χ4v) is 1.77. The SMILES string of the molecule is O=C(O)c1coc2c(Cl)cc(Cl)cc12. The average Bonchev–Trinajstić information content (AvgIpc) is 2.47. The van der Waals surface area contributed by atoms with E-state index in [4.69, 9.17) is 32.7 Å². The summed E-state index contributed by atoms with van der Waals surface area (Å²) < 4.78 is 5.02. The summed E-state index contributed by atoms with van der Waals surface area (Å²) in [5, 5.41) is 9.91. The Labute approximate surface area is 88.8 Å². The van der Waals surface area contributed by atoms with Crippen molar-refractivity contribution in [3.63, 3.8) is 0 Å². The van der Waals surface area contributed by atoms with E-state index in [1.807, 2.05) is 0 Å². The first kappa shape index (κ1) is 9.37. The molecule has 5 heteroatoms. The molecule has 2 aromatic rings. The summed E-state index contributed by atoms with van der Waals surface area (Å²) in [5.74, 6) is -1.07. The van der Waals surface area contributed by atoms with Crippen LogP contribution in [0, 0.1) is 0 Å². The van der Waals surface area contributed by atoms with Crippen molar-refractivity contribution in [2.75, 3.05) is 0 Å². The van der Waals surface area contributed by atoms with Crippen LogP contribution in [-0.2, 0) is 0 Å². The maximum absolute atomic E-state index is 10.8. The summed E-state index contributed by atoms with van der Waals surface area (Å²) in [6.07, 6.45) is 1.15. The fraction of sp³-hybridized carbons (Fsp3) is 0. The van der Waals surface area contributed by atoms with Gasteiger partial charge in [0.1, 0.15) is 11.8 Å². The molecule has 0 saturated carbocycles. The zero-order valence-electron chi connectivity index (χ0n) is 6.75. The van der Waals surface area contributed by atoms with E-state index in [1.54, 1.807) is 0 Å². The van der Waals surface area contributed by atoms with Crippen molar-refractivity contribution in [1.82, 2.24) is 0 Å². The number of carboxylic acids is 1. The number of carboxylic acid groups (broad SMARTS) is 1. The summed E-state index contributed by atoms with van der Waals surface area (Å²) in [6.45, 7) is 0. The predicted molar refractivity (Wildman–Crippen MR) is 53.2 cm³/mol. The van der Waals surface area contributed by atoms with Crippen LogP contribution in [-0.4, -0.2) is 11.1 Å². The number of hydrogen-bond donors (Lipinski definition) is 1. The third-order valence-corrected chi connectivity index (χ3v) is 2.32. The van der Waals surface area contributed by atoms with Gasteiger partial charge in [-0.15, -0.1) is 0 Å². The molecule has 0 saturated heterocycles. The maximum atomic E-state index is 10.8. The Balaban J connectivity index is 2.85. The molecule has 0 bridgehead atoms. The normalized spacial score (nSPS) is 10.7. The van der Waals surface area contributed by atoms with Gasteiger partial charge in [0.15, 0.2) is 5.58 Å². The van der Waals surface area contributed by atoms with Crippen LogP contribution in [0.1, 0.15) is 10.4 Å². The fourth-order valence-electron chi connectivity index (χ4n) is 1.23. The van der Waals surface area contributed by atoms with Crippen molar-refractivity contribution in [3.05, 3.63) is 34.0 Å². The van der Waals surface area contributed by atoms with Gasteiger partial charge in [0.05, 0.1) is 5.02 Å². The lowest BCUT2D eigenvalue weighted by Gasteiger charge is -1.94. The van der Waals surface area contributed by atoms with Crippen molar-refractivity contribution in [3.8, 4) is 0 Å². The Morgan fingerprint density at radius 2 is 2.07 bits per heavy atom. The Hall–Kier alpha value is -1.19. The monoisotopic (exact) mass is 230 g/mol. The smallest absolute Gasteiger partial charge is 0.339 e. The highest BCUT2D eigenvalue weighted by molar-refractivity contribution is 6.38. The first-order valence-corrected chi connectivity index (χ1v) is 4.44. The van der Waals surface area contributed by atoms with Gasteiger partial charge in [-0.25, -0.2) is 4.79 Å². The summed E-state index contributed by atoms with van der Waals surface area (Å²) in [5.41, 5.74) is 0.401. The van der Waals surface area contributed by atoms with Crippen LogP contribution in [0.25, 0.3) is 11.0 Å². The van der Waals surface area contributed by atoms with Gasteiger partial charge in [0.25, 0.3) is 0 Å². The highest BCUT2D eigenvalue weighted by atomic mass is 35.5. The lowest BCUT2D eigenvalue weighted by molar-refractivity contribution is 0.0698. The minimum Gasteiger partial charge on any atom is -0.478 e. The third kappa shape index (κ3) is 1.35. The van der Waals surface area contributed by atoms with Crippen LogP contribution in [0.5, 0.6) is 0 Å². The van der Waals surface area contributed by atoms with Crippen molar-refractivity contribution in [1.29, 1.82) is 0 Å². The second-order valence-corrected chi connectivity index (χ2v) is 3.56. The summed E-state index contributed by atoms with van der Waals surface area (Å²) in [4.78, 5) is 10.8. The second kappa shape index (κ2) is 3.19. The second-order valence-electron chi connectivity index (χ2n) is 2.72. The topological polar surface area (TPSA) is 50.4 Å². The predicted octanol–water partition coefficient (Wildman–Crippen LogP) is 3.44. The van der Waals surface area contributed by atoms with E-state index in [-0.39, 0.29) is 5.56 Å². The zero-order valence-corrected chi connectivity index (χ0v) is 8.26.